The molecule has 0 bridgehead atoms. The molecular weight excluding hydrogens is 204 g/mol. The highest BCUT2D eigenvalue weighted by atomic mass is 32.2. The van der Waals surface area contributed by atoms with E-state index >= 15 is 0 Å². The first-order chi connectivity index (χ1) is 7.36. The molecule has 0 spiro atoms. The van der Waals surface area contributed by atoms with E-state index < -0.39 is 0 Å². The first-order valence-electron chi connectivity index (χ1n) is 6.50. The van der Waals surface area contributed by atoms with Crippen LogP contribution in [0.15, 0.2) is 0 Å². The van der Waals surface area contributed by atoms with Crippen LogP contribution in [0, 0.1) is 5.92 Å². The van der Waals surface area contributed by atoms with Crippen molar-refractivity contribution in [2.45, 2.75) is 63.0 Å². The molecule has 2 fully saturated rings. The van der Waals surface area contributed by atoms with E-state index in [9.17, 15) is 4.79 Å². The second kappa shape index (κ2) is 5.93. The van der Waals surface area contributed by atoms with E-state index in [0.29, 0.717) is 11.7 Å². The lowest BCUT2D eigenvalue weighted by molar-refractivity contribution is -0.120. The summed E-state index contributed by atoms with van der Waals surface area (Å²) in [4.78, 5) is 11.4. The molecule has 0 N–H and O–H groups in total. The molecule has 1 atom stereocenters. The van der Waals surface area contributed by atoms with E-state index in [1.165, 1.54) is 44.3 Å². The number of ketones is 1. The molecule has 2 heteroatoms. The van der Waals surface area contributed by atoms with Gasteiger partial charge < -0.3 is 0 Å². The van der Waals surface area contributed by atoms with Gasteiger partial charge in [0.25, 0.3) is 0 Å². The summed E-state index contributed by atoms with van der Waals surface area (Å²) in [5.74, 6) is 2.20. The van der Waals surface area contributed by atoms with Crippen LogP contribution in [-0.2, 0) is 4.79 Å². The van der Waals surface area contributed by atoms with Crippen LogP contribution in [0.1, 0.15) is 57.8 Å². The SMILES string of the molecule is O=C1CCCC1CCSC1CCCCC1. The van der Waals surface area contributed by atoms with Gasteiger partial charge >= 0.3 is 0 Å². The Hall–Kier alpha value is 0.0200. The zero-order chi connectivity index (χ0) is 10.5. The molecule has 15 heavy (non-hydrogen) atoms. The number of hydrogen-bond donors (Lipinski definition) is 0. The van der Waals surface area contributed by atoms with Crippen molar-refractivity contribution in [3.05, 3.63) is 0 Å². The largest absolute Gasteiger partial charge is 0.299 e. The molecule has 2 saturated carbocycles. The van der Waals surface area contributed by atoms with Crippen molar-refractivity contribution < 1.29 is 4.79 Å². The predicted molar refractivity (Wildman–Crippen MR) is 66.3 cm³/mol. The van der Waals surface area contributed by atoms with Gasteiger partial charge in [0.05, 0.1) is 0 Å². The van der Waals surface area contributed by atoms with Gasteiger partial charge in [0.2, 0.25) is 0 Å². The minimum Gasteiger partial charge on any atom is -0.299 e. The molecule has 2 aliphatic rings. The van der Waals surface area contributed by atoms with E-state index in [1.807, 2.05) is 0 Å². The number of rotatable bonds is 4. The molecule has 1 unspecified atom stereocenters. The summed E-state index contributed by atoms with van der Waals surface area (Å²) in [5, 5.41) is 0.912. The van der Waals surface area contributed by atoms with Crippen molar-refractivity contribution in [2.24, 2.45) is 5.92 Å². The third-order valence-corrected chi connectivity index (χ3v) is 5.22. The Kier molecular flexibility index (Phi) is 4.55. The summed E-state index contributed by atoms with van der Waals surface area (Å²) in [7, 11) is 0. The number of Topliss-reactive ketones (excluding diaryl/α,β-unsaturated/α-hetero) is 1. The van der Waals surface area contributed by atoms with E-state index in [0.717, 1.165) is 24.5 Å². The Morgan fingerprint density at radius 3 is 2.53 bits per heavy atom. The van der Waals surface area contributed by atoms with E-state index in [-0.39, 0.29) is 0 Å². The molecule has 0 radical (unpaired) electrons. The average Bonchev–Trinajstić information content (AvgIpc) is 2.66. The first-order valence-corrected chi connectivity index (χ1v) is 7.55. The minimum absolute atomic E-state index is 0.432. The number of carbonyl (C=O) groups excluding carboxylic acids is 1. The van der Waals surface area contributed by atoms with Crippen LogP contribution in [0.3, 0.4) is 0 Å². The van der Waals surface area contributed by atoms with Crippen molar-refractivity contribution in [1.29, 1.82) is 0 Å². The number of carbonyl (C=O) groups is 1. The Bertz CT molecular complexity index is 209. The van der Waals surface area contributed by atoms with Crippen LogP contribution >= 0.6 is 11.8 Å². The Morgan fingerprint density at radius 2 is 1.87 bits per heavy atom. The Morgan fingerprint density at radius 1 is 1.07 bits per heavy atom. The predicted octanol–water partition coefficient (Wildman–Crippen LogP) is 3.81. The maximum Gasteiger partial charge on any atom is 0.136 e. The van der Waals surface area contributed by atoms with E-state index in [1.54, 1.807) is 0 Å². The maximum absolute atomic E-state index is 11.4. The Labute approximate surface area is 97.4 Å². The highest BCUT2D eigenvalue weighted by Crippen LogP contribution is 2.31. The summed E-state index contributed by atoms with van der Waals surface area (Å²) in [6, 6.07) is 0. The molecule has 0 aromatic heterocycles. The molecule has 86 valence electrons. The quantitative estimate of drug-likeness (QED) is 0.725. The normalized spacial score (nSPS) is 28.5. The first kappa shape index (κ1) is 11.5. The highest BCUT2D eigenvalue weighted by molar-refractivity contribution is 7.99. The van der Waals surface area contributed by atoms with Crippen molar-refractivity contribution in [3.63, 3.8) is 0 Å². The molecular formula is C13H22OS. The molecule has 1 nitrogen and oxygen atoms in total. The second-order valence-corrected chi connectivity index (χ2v) is 6.38. The van der Waals surface area contributed by atoms with Crippen molar-refractivity contribution in [3.8, 4) is 0 Å². The third-order valence-electron chi connectivity index (χ3n) is 3.80. The average molecular weight is 226 g/mol. The highest BCUT2D eigenvalue weighted by Gasteiger charge is 2.24. The van der Waals surface area contributed by atoms with Crippen LogP contribution in [0.4, 0.5) is 0 Å². The van der Waals surface area contributed by atoms with Crippen LogP contribution in [-0.4, -0.2) is 16.8 Å². The Balaban J connectivity index is 1.59. The van der Waals surface area contributed by atoms with Gasteiger partial charge in [-0.2, -0.15) is 11.8 Å². The van der Waals surface area contributed by atoms with Gasteiger partial charge in [0, 0.05) is 17.6 Å². The summed E-state index contributed by atoms with van der Waals surface area (Å²) in [6.45, 7) is 0. The van der Waals surface area contributed by atoms with Gasteiger partial charge in [-0.25, -0.2) is 0 Å². The molecule has 2 rings (SSSR count). The third kappa shape index (κ3) is 3.51. The van der Waals surface area contributed by atoms with Gasteiger partial charge in [-0.15, -0.1) is 0 Å². The fourth-order valence-corrected chi connectivity index (χ4v) is 4.22. The maximum atomic E-state index is 11.4. The zero-order valence-corrected chi connectivity index (χ0v) is 10.4. The monoisotopic (exact) mass is 226 g/mol. The van der Waals surface area contributed by atoms with Gasteiger partial charge in [-0.3, -0.25) is 4.79 Å². The van der Waals surface area contributed by atoms with Crippen molar-refractivity contribution in [2.75, 3.05) is 5.75 Å². The summed E-state index contributed by atoms with van der Waals surface area (Å²) in [6.07, 6.45) is 11.5. The fourth-order valence-electron chi connectivity index (χ4n) is 2.80. The summed E-state index contributed by atoms with van der Waals surface area (Å²) >= 11 is 2.13. The molecule has 0 aliphatic heterocycles. The molecule has 0 aromatic carbocycles. The lowest BCUT2D eigenvalue weighted by Crippen LogP contribution is -2.11. The van der Waals surface area contributed by atoms with Gasteiger partial charge in [0.1, 0.15) is 5.78 Å². The zero-order valence-electron chi connectivity index (χ0n) is 9.54. The molecule has 2 aliphatic carbocycles. The molecule has 0 heterocycles. The smallest absolute Gasteiger partial charge is 0.136 e. The lowest BCUT2D eigenvalue weighted by Gasteiger charge is -2.21. The summed E-state index contributed by atoms with van der Waals surface area (Å²) in [5.41, 5.74) is 0. The van der Waals surface area contributed by atoms with Crippen LogP contribution in [0.2, 0.25) is 0 Å². The van der Waals surface area contributed by atoms with E-state index in [4.69, 9.17) is 0 Å². The number of hydrogen-bond acceptors (Lipinski definition) is 2. The lowest BCUT2D eigenvalue weighted by atomic mass is 10.0. The standard InChI is InChI=1S/C13H22OS/c14-13-8-4-5-11(13)9-10-15-12-6-2-1-3-7-12/h11-12H,1-10H2. The van der Waals surface area contributed by atoms with Gasteiger partial charge in [-0.05, 0) is 37.9 Å². The summed E-state index contributed by atoms with van der Waals surface area (Å²) < 4.78 is 0. The topological polar surface area (TPSA) is 17.1 Å². The van der Waals surface area contributed by atoms with Crippen LogP contribution in [0.25, 0.3) is 0 Å². The van der Waals surface area contributed by atoms with Gasteiger partial charge in [-0.1, -0.05) is 19.3 Å². The van der Waals surface area contributed by atoms with E-state index in [2.05, 4.69) is 11.8 Å². The molecule has 0 aromatic rings. The van der Waals surface area contributed by atoms with Crippen molar-refractivity contribution >= 4 is 17.5 Å². The number of thioether (sulfide) groups is 1. The van der Waals surface area contributed by atoms with Crippen molar-refractivity contribution in [1.82, 2.24) is 0 Å². The second-order valence-electron chi connectivity index (χ2n) is 4.97. The van der Waals surface area contributed by atoms with Gasteiger partial charge in [0.15, 0.2) is 0 Å². The van der Waals surface area contributed by atoms with Crippen LogP contribution < -0.4 is 0 Å². The molecule has 0 amide bonds. The fraction of sp³-hybridized carbons (Fsp3) is 0.923. The van der Waals surface area contributed by atoms with Crippen LogP contribution in [0.5, 0.6) is 0 Å². The minimum atomic E-state index is 0.432. The molecule has 0 saturated heterocycles.